The van der Waals surface area contributed by atoms with E-state index in [9.17, 15) is 13.2 Å². The molecule has 0 spiro atoms. The predicted octanol–water partition coefficient (Wildman–Crippen LogP) is 0.387. The van der Waals surface area contributed by atoms with Crippen molar-refractivity contribution in [3.8, 4) is 0 Å². The van der Waals surface area contributed by atoms with Crippen LogP contribution in [-0.2, 0) is 10.0 Å². The smallest absolute Gasteiger partial charge is 0.289 e. The highest BCUT2D eigenvalue weighted by Gasteiger charge is 2.33. The van der Waals surface area contributed by atoms with Gasteiger partial charge in [0, 0.05) is 19.1 Å². The van der Waals surface area contributed by atoms with E-state index in [4.69, 9.17) is 10.2 Å². The Labute approximate surface area is 124 Å². The van der Waals surface area contributed by atoms with E-state index in [2.05, 4.69) is 11.6 Å². The number of carbonyl (C=O) groups is 1. The summed E-state index contributed by atoms with van der Waals surface area (Å²) in [6.07, 6.45) is 1.94. The molecule has 0 radical (unpaired) electrons. The van der Waals surface area contributed by atoms with Gasteiger partial charge in [-0.15, -0.1) is 0 Å². The molecule has 7 nitrogen and oxygen atoms in total. The van der Waals surface area contributed by atoms with Crippen molar-refractivity contribution in [1.29, 1.82) is 0 Å². The van der Waals surface area contributed by atoms with Crippen LogP contribution in [0.15, 0.2) is 21.6 Å². The van der Waals surface area contributed by atoms with Crippen molar-refractivity contribution in [3.05, 3.63) is 17.9 Å². The Morgan fingerprint density at radius 2 is 2.24 bits per heavy atom. The van der Waals surface area contributed by atoms with Crippen LogP contribution in [0, 0.1) is 5.92 Å². The number of likely N-dealkylation sites (tertiary alicyclic amines) is 1. The maximum atomic E-state index is 12.5. The number of rotatable bonds is 4. The number of furan rings is 1. The number of nitrogens with two attached hydrogens (primary N) is 1. The molecule has 3 N–H and O–H groups in total. The molecule has 0 bridgehead atoms. The second-order valence-corrected chi connectivity index (χ2v) is 7.06. The lowest BCUT2D eigenvalue weighted by molar-refractivity contribution is 0.0496. The molecule has 1 aliphatic heterocycles. The monoisotopic (exact) mass is 315 g/mol. The van der Waals surface area contributed by atoms with Crippen LogP contribution in [0.1, 0.15) is 30.3 Å². The molecule has 2 atom stereocenters. The van der Waals surface area contributed by atoms with Crippen LogP contribution in [0.2, 0.25) is 0 Å². The summed E-state index contributed by atoms with van der Waals surface area (Å²) in [6.45, 7) is 3.06. The molecule has 8 heteroatoms. The van der Waals surface area contributed by atoms with Gasteiger partial charge in [0.05, 0.1) is 0 Å². The summed E-state index contributed by atoms with van der Waals surface area (Å²) in [7, 11) is -2.40. The molecule has 0 saturated carbocycles. The van der Waals surface area contributed by atoms with Gasteiger partial charge in [0.2, 0.25) is 5.09 Å². The summed E-state index contributed by atoms with van der Waals surface area (Å²) in [4.78, 5) is 14.2. The van der Waals surface area contributed by atoms with Crippen molar-refractivity contribution in [2.24, 2.45) is 11.7 Å². The zero-order chi connectivity index (χ0) is 15.6. The molecule has 118 valence electrons. The molecular formula is C13H21N3O4S. The second-order valence-electron chi connectivity index (χ2n) is 5.25. The molecule has 21 heavy (non-hydrogen) atoms. The number of nitrogens with one attached hydrogen (secondary N) is 1. The first-order chi connectivity index (χ1) is 9.90. The van der Waals surface area contributed by atoms with Crippen molar-refractivity contribution in [2.75, 3.05) is 20.1 Å². The fraction of sp³-hybridized carbons (Fsp3) is 0.615. The molecule has 1 amide bonds. The number of amides is 1. The van der Waals surface area contributed by atoms with Gasteiger partial charge in [0.25, 0.3) is 15.9 Å². The minimum atomic E-state index is -3.68. The lowest BCUT2D eigenvalue weighted by Gasteiger charge is -2.38. The van der Waals surface area contributed by atoms with E-state index >= 15 is 0 Å². The SMILES string of the molecule is CNS(=O)(=O)c1ccc(C(=O)N2CCC[C@H](C)[C@@H]2CN)o1. The van der Waals surface area contributed by atoms with Gasteiger partial charge in [-0.2, -0.15) is 0 Å². The molecule has 1 saturated heterocycles. The quantitative estimate of drug-likeness (QED) is 0.836. The van der Waals surface area contributed by atoms with Gasteiger partial charge in [-0.05, 0) is 37.9 Å². The number of nitrogens with zero attached hydrogens (tertiary/aromatic N) is 1. The van der Waals surface area contributed by atoms with Gasteiger partial charge in [-0.3, -0.25) is 4.79 Å². The van der Waals surface area contributed by atoms with E-state index in [0.717, 1.165) is 12.8 Å². The Bertz CT molecular complexity index is 611. The third kappa shape index (κ3) is 3.12. The first-order valence-electron chi connectivity index (χ1n) is 6.95. The van der Waals surface area contributed by atoms with Crippen LogP contribution in [0.5, 0.6) is 0 Å². The number of piperidine rings is 1. The molecule has 1 aliphatic rings. The summed E-state index contributed by atoms with van der Waals surface area (Å²) in [6, 6.07) is 2.63. The first kappa shape index (κ1) is 16.0. The maximum Gasteiger partial charge on any atom is 0.289 e. The highest BCUT2D eigenvalue weighted by Crippen LogP contribution is 2.25. The number of carbonyl (C=O) groups excluding carboxylic acids is 1. The lowest BCUT2D eigenvalue weighted by atomic mass is 9.90. The summed E-state index contributed by atoms with van der Waals surface area (Å²) in [5.41, 5.74) is 5.77. The highest BCUT2D eigenvalue weighted by molar-refractivity contribution is 7.89. The van der Waals surface area contributed by atoms with Crippen molar-refractivity contribution in [1.82, 2.24) is 9.62 Å². The van der Waals surface area contributed by atoms with E-state index in [1.807, 2.05) is 0 Å². The summed E-state index contributed by atoms with van der Waals surface area (Å²) in [5, 5.41) is -0.261. The molecule has 2 rings (SSSR count). The first-order valence-corrected chi connectivity index (χ1v) is 8.43. The topological polar surface area (TPSA) is 106 Å². The Hall–Kier alpha value is -1.38. The van der Waals surface area contributed by atoms with E-state index in [1.54, 1.807) is 4.90 Å². The zero-order valence-electron chi connectivity index (χ0n) is 12.2. The molecule has 2 heterocycles. The third-order valence-electron chi connectivity index (χ3n) is 3.94. The van der Waals surface area contributed by atoms with Crippen LogP contribution in [-0.4, -0.2) is 45.4 Å². The molecule has 0 aromatic carbocycles. The van der Waals surface area contributed by atoms with E-state index in [1.165, 1.54) is 19.2 Å². The number of sulfonamides is 1. The fourth-order valence-corrected chi connectivity index (χ4v) is 3.33. The van der Waals surface area contributed by atoms with E-state index in [-0.39, 0.29) is 22.8 Å². The molecular weight excluding hydrogens is 294 g/mol. The maximum absolute atomic E-state index is 12.5. The van der Waals surface area contributed by atoms with Crippen molar-refractivity contribution >= 4 is 15.9 Å². The summed E-state index contributed by atoms with van der Waals surface area (Å²) in [5.74, 6) is 0.0362. The van der Waals surface area contributed by atoms with Crippen molar-refractivity contribution in [3.63, 3.8) is 0 Å². The van der Waals surface area contributed by atoms with E-state index in [0.29, 0.717) is 19.0 Å². The van der Waals surface area contributed by atoms with Gasteiger partial charge >= 0.3 is 0 Å². The summed E-state index contributed by atoms with van der Waals surface area (Å²) >= 11 is 0. The average Bonchev–Trinajstić information content (AvgIpc) is 2.96. The lowest BCUT2D eigenvalue weighted by Crippen LogP contribution is -2.51. The van der Waals surface area contributed by atoms with Crippen LogP contribution in [0.3, 0.4) is 0 Å². The predicted molar refractivity (Wildman–Crippen MR) is 77.2 cm³/mol. The standard InChI is InChI=1S/C13H21N3O4S/c1-9-4-3-7-16(10(9)8-14)13(17)11-5-6-12(20-11)21(18,19)15-2/h5-6,9-10,15H,3-4,7-8,14H2,1-2H3/t9-,10-/m0/s1. The van der Waals surface area contributed by atoms with Crippen LogP contribution in [0.25, 0.3) is 0 Å². The van der Waals surface area contributed by atoms with Gasteiger partial charge in [0.15, 0.2) is 5.76 Å². The fourth-order valence-electron chi connectivity index (χ4n) is 2.68. The van der Waals surface area contributed by atoms with Crippen molar-refractivity contribution < 1.29 is 17.6 Å². The summed E-state index contributed by atoms with van der Waals surface area (Å²) < 4.78 is 30.6. The Kier molecular flexibility index (Phi) is 4.70. The van der Waals surface area contributed by atoms with Crippen LogP contribution >= 0.6 is 0 Å². The normalized spacial score (nSPS) is 23.3. The highest BCUT2D eigenvalue weighted by atomic mass is 32.2. The molecule has 1 fully saturated rings. The second kappa shape index (κ2) is 6.17. The third-order valence-corrected chi connectivity index (χ3v) is 5.23. The zero-order valence-corrected chi connectivity index (χ0v) is 13.0. The van der Waals surface area contributed by atoms with Gasteiger partial charge in [-0.1, -0.05) is 6.92 Å². The Balaban J connectivity index is 2.24. The van der Waals surface area contributed by atoms with E-state index < -0.39 is 10.0 Å². The molecule has 0 unspecified atom stereocenters. The minimum Gasteiger partial charge on any atom is -0.438 e. The van der Waals surface area contributed by atoms with Crippen molar-refractivity contribution in [2.45, 2.75) is 30.9 Å². The van der Waals surface area contributed by atoms with Crippen LogP contribution < -0.4 is 10.5 Å². The minimum absolute atomic E-state index is 0.0244. The van der Waals surface area contributed by atoms with Gasteiger partial charge < -0.3 is 15.1 Å². The number of hydrogen-bond acceptors (Lipinski definition) is 5. The average molecular weight is 315 g/mol. The van der Waals surface area contributed by atoms with Gasteiger partial charge in [-0.25, -0.2) is 13.1 Å². The molecule has 0 aliphatic carbocycles. The Morgan fingerprint density at radius 3 is 2.86 bits per heavy atom. The van der Waals surface area contributed by atoms with Crippen LogP contribution in [0.4, 0.5) is 0 Å². The molecule has 1 aromatic rings. The molecule has 1 aromatic heterocycles. The Morgan fingerprint density at radius 1 is 1.52 bits per heavy atom. The van der Waals surface area contributed by atoms with Gasteiger partial charge in [0.1, 0.15) is 0 Å². The number of hydrogen-bond donors (Lipinski definition) is 2. The largest absolute Gasteiger partial charge is 0.438 e.